The molecule has 2 aromatic rings. The summed E-state index contributed by atoms with van der Waals surface area (Å²) in [5.41, 5.74) is 11.4. The highest BCUT2D eigenvalue weighted by Gasteiger charge is 2.18. The summed E-state index contributed by atoms with van der Waals surface area (Å²) in [6, 6.07) is 17.5. The van der Waals surface area contributed by atoms with Crippen molar-refractivity contribution in [2.75, 3.05) is 4.90 Å². The summed E-state index contributed by atoms with van der Waals surface area (Å²) in [7, 11) is 0. The van der Waals surface area contributed by atoms with Crippen LogP contribution in [-0.2, 0) is 13.1 Å². The Balaban J connectivity index is 1.78. The lowest BCUT2D eigenvalue weighted by Gasteiger charge is -2.19. The second-order valence-corrected chi connectivity index (χ2v) is 5.23. The normalized spacial score (nSPS) is 15.4. The van der Waals surface area contributed by atoms with Gasteiger partial charge >= 0.3 is 0 Å². The molecule has 0 fully saturated rings. The third-order valence-electron chi connectivity index (χ3n) is 3.97. The quantitative estimate of drug-likeness (QED) is 0.904. The zero-order chi connectivity index (χ0) is 13.2. The molecule has 0 aliphatic carbocycles. The zero-order valence-electron chi connectivity index (χ0n) is 11.3. The fourth-order valence-electron chi connectivity index (χ4n) is 2.68. The third-order valence-corrected chi connectivity index (χ3v) is 3.97. The van der Waals surface area contributed by atoms with Gasteiger partial charge in [-0.3, -0.25) is 0 Å². The number of fused-ring (bicyclic) bond motifs is 1. The summed E-state index contributed by atoms with van der Waals surface area (Å²) in [6.45, 7) is 4.14. The Morgan fingerprint density at radius 3 is 2.11 bits per heavy atom. The zero-order valence-corrected chi connectivity index (χ0v) is 11.3. The molecule has 0 saturated heterocycles. The van der Waals surface area contributed by atoms with Gasteiger partial charge in [0.2, 0.25) is 0 Å². The molecule has 2 nitrogen and oxygen atoms in total. The van der Waals surface area contributed by atoms with E-state index in [9.17, 15) is 0 Å². The molecule has 0 radical (unpaired) electrons. The van der Waals surface area contributed by atoms with Crippen molar-refractivity contribution < 1.29 is 0 Å². The van der Waals surface area contributed by atoms with E-state index in [0.29, 0.717) is 0 Å². The Kier molecular flexibility index (Phi) is 3.26. The van der Waals surface area contributed by atoms with E-state index in [1.54, 1.807) is 0 Å². The second-order valence-electron chi connectivity index (χ2n) is 5.23. The summed E-state index contributed by atoms with van der Waals surface area (Å²) in [5.74, 6) is 0. The highest BCUT2D eigenvalue weighted by Crippen LogP contribution is 2.28. The average molecular weight is 252 g/mol. The summed E-state index contributed by atoms with van der Waals surface area (Å²) < 4.78 is 0. The molecular formula is C17H20N2. The smallest absolute Gasteiger partial charge is 0.0436 e. The first-order valence-electron chi connectivity index (χ1n) is 6.95. The number of nitrogens with two attached hydrogens (primary N) is 1. The van der Waals surface area contributed by atoms with Gasteiger partial charge in [-0.25, -0.2) is 0 Å². The van der Waals surface area contributed by atoms with E-state index in [0.717, 1.165) is 19.5 Å². The molecule has 2 N–H and O–H groups in total. The van der Waals surface area contributed by atoms with Crippen LogP contribution in [0, 0.1) is 0 Å². The van der Waals surface area contributed by atoms with Gasteiger partial charge in [0.05, 0.1) is 0 Å². The molecule has 3 rings (SSSR count). The van der Waals surface area contributed by atoms with Crippen LogP contribution in [-0.4, -0.2) is 0 Å². The van der Waals surface area contributed by atoms with Crippen LogP contribution in [0.4, 0.5) is 5.69 Å². The van der Waals surface area contributed by atoms with Crippen molar-refractivity contribution in [2.24, 2.45) is 5.73 Å². The third kappa shape index (κ3) is 2.36. The molecule has 2 heteroatoms. The van der Waals surface area contributed by atoms with Gasteiger partial charge in [-0.2, -0.15) is 0 Å². The predicted molar refractivity (Wildman–Crippen MR) is 80.0 cm³/mol. The highest BCUT2D eigenvalue weighted by molar-refractivity contribution is 5.52. The van der Waals surface area contributed by atoms with Crippen LogP contribution in [0.1, 0.15) is 36.1 Å². The van der Waals surface area contributed by atoms with E-state index in [-0.39, 0.29) is 6.04 Å². The van der Waals surface area contributed by atoms with Crippen molar-refractivity contribution in [2.45, 2.75) is 32.5 Å². The van der Waals surface area contributed by atoms with Crippen molar-refractivity contribution >= 4 is 5.69 Å². The summed E-state index contributed by atoms with van der Waals surface area (Å²) in [4.78, 5) is 2.41. The Bertz CT molecular complexity index is 535. The molecule has 0 amide bonds. The van der Waals surface area contributed by atoms with Gasteiger partial charge in [0, 0.05) is 24.8 Å². The molecule has 2 aromatic carbocycles. The molecule has 98 valence electrons. The maximum absolute atomic E-state index is 6.05. The fourth-order valence-corrected chi connectivity index (χ4v) is 2.68. The largest absolute Gasteiger partial charge is 0.363 e. The minimum Gasteiger partial charge on any atom is -0.363 e. The lowest BCUT2D eigenvalue weighted by molar-refractivity contribution is 0.698. The number of benzene rings is 2. The van der Waals surface area contributed by atoms with Crippen LogP contribution in [0.25, 0.3) is 0 Å². The molecule has 0 spiro atoms. The van der Waals surface area contributed by atoms with E-state index in [4.69, 9.17) is 5.73 Å². The van der Waals surface area contributed by atoms with E-state index < -0.39 is 0 Å². The second kappa shape index (κ2) is 5.06. The van der Waals surface area contributed by atoms with Gasteiger partial charge in [-0.05, 0) is 35.2 Å². The van der Waals surface area contributed by atoms with Gasteiger partial charge in [0.25, 0.3) is 0 Å². The van der Waals surface area contributed by atoms with Crippen molar-refractivity contribution in [3.63, 3.8) is 0 Å². The Morgan fingerprint density at radius 1 is 1.00 bits per heavy atom. The molecule has 19 heavy (non-hydrogen) atoms. The molecule has 0 unspecified atom stereocenters. The summed E-state index contributed by atoms with van der Waals surface area (Å²) >= 11 is 0. The van der Waals surface area contributed by atoms with Crippen molar-refractivity contribution in [1.29, 1.82) is 0 Å². The minimum atomic E-state index is 0.157. The number of nitrogens with zero attached hydrogens (tertiary/aromatic N) is 1. The number of hydrogen-bond acceptors (Lipinski definition) is 2. The number of rotatable bonds is 3. The predicted octanol–water partition coefficient (Wildman–Crippen LogP) is 3.62. The maximum atomic E-state index is 6.05. The maximum Gasteiger partial charge on any atom is 0.0436 e. The number of anilines is 1. The van der Waals surface area contributed by atoms with Crippen LogP contribution in [0.5, 0.6) is 0 Å². The van der Waals surface area contributed by atoms with Gasteiger partial charge in [-0.15, -0.1) is 0 Å². The van der Waals surface area contributed by atoms with Gasteiger partial charge in [-0.1, -0.05) is 43.3 Å². The lowest BCUT2D eigenvalue weighted by Crippen LogP contribution is -2.15. The van der Waals surface area contributed by atoms with Crippen molar-refractivity contribution in [3.8, 4) is 0 Å². The van der Waals surface area contributed by atoms with Crippen LogP contribution in [0.3, 0.4) is 0 Å². The first-order chi connectivity index (χ1) is 9.28. The molecule has 0 aromatic heterocycles. The van der Waals surface area contributed by atoms with Crippen LogP contribution < -0.4 is 10.6 Å². The molecule has 1 atom stereocenters. The topological polar surface area (TPSA) is 29.3 Å². The van der Waals surface area contributed by atoms with Crippen LogP contribution >= 0.6 is 0 Å². The molecular weight excluding hydrogens is 232 g/mol. The molecule has 1 heterocycles. The first kappa shape index (κ1) is 12.2. The Labute approximate surface area is 114 Å². The Hall–Kier alpha value is -1.80. The fraction of sp³-hybridized carbons (Fsp3) is 0.294. The van der Waals surface area contributed by atoms with E-state index in [2.05, 4.69) is 60.4 Å². The minimum absolute atomic E-state index is 0.157. The van der Waals surface area contributed by atoms with Gasteiger partial charge in [0.15, 0.2) is 0 Å². The average Bonchev–Trinajstić information content (AvgIpc) is 2.90. The van der Waals surface area contributed by atoms with Crippen LogP contribution in [0.15, 0.2) is 48.5 Å². The molecule has 0 saturated carbocycles. The number of hydrogen-bond donors (Lipinski definition) is 1. The van der Waals surface area contributed by atoms with Crippen molar-refractivity contribution in [1.82, 2.24) is 0 Å². The van der Waals surface area contributed by atoms with Crippen LogP contribution in [0.2, 0.25) is 0 Å². The van der Waals surface area contributed by atoms with E-state index in [1.165, 1.54) is 22.4 Å². The SMILES string of the molecule is CC[C@@H](N)c1ccc(N2Cc3ccccc3C2)cc1. The van der Waals surface area contributed by atoms with E-state index >= 15 is 0 Å². The first-order valence-corrected chi connectivity index (χ1v) is 6.95. The summed E-state index contributed by atoms with van der Waals surface area (Å²) in [5, 5.41) is 0. The van der Waals surface area contributed by atoms with Gasteiger partial charge < -0.3 is 10.6 Å². The van der Waals surface area contributed by atoms with Crippen molar-refractivity contribution in [3.05, 3.63) is 65.2 Å². The van der Waals surface area contributed by atoms with Gasteiger partial charge in [0.1, 0.15) is 0 Å². The van der Waals surface area contributed by atoms with E-state index in [1.807, 2.05) is 0 Å². The lowest BCUT2D eigenvalue weighted by atomic mass is 10.1. The molecule has 1 aliphatic heterocycles. The Morgan fingerprint density at radius 2 is 1.58 bits per heavy atom. The molecule has 1 aliphatic rings. The molecule has 0 bridgehead atoms. The summed E-state index contributed by atoms with van der Waals surface area (Å²) in [6.07, 6.45) is 0.981. The monoisotopic (exact) mass is 252 g/mol. The standard InChI is InChI=1S/C17H20N2/c1-2-17(18)13-7-9-16(10-8-13)19-11-14-5-3-4-6-15(14)12-19/h3-10,17H,2,11-12,18H2,1H3/t17-/m1/s1. The highest BCUT2D eigenvalue weighted by atomic mass is 15.1.